The molecule has 9 heteroatoms. The number of carbonyl (C=O) groups excluding carboxylic acids is 1. The molecule has 130 valence electrons. The van der Waals surface area contributed by atoms with Gasteiger partial charge in [-0.1, -0.05) is 23.4 Å². The summed E-state index contributed by atoms with van der Waals surface area (Å²) in [5, 5.41) is 3.79. The first kappa shape index (κ1) is 17.4. The molecule has 0 aliphatic heterocycles. The van der Waals surface area contributed by atoms with Gasteiger partial charge in [-0.15, -0.1) is 0 Å². The fourth-order valence-corrected chi connectivity index (χ4v) is 3.08. The molecule has 2 N–H and O–H groups in total. The van der Waals surface area contributed by atoms with Crippen molar-refractivity contribution < 1.29 is 14.3 Å². The van der Waals surface area contributed by atoms with Crippen LogP contribution >= 0.6 is 23.4 Å². The number of fused-ring (bicyclic) bond motifs is 1. The molecule has 0 spiro atoms. The number of rotatable bonds is 6. The van der Waals surface area contributed by atoms with E-state index in [0.717, 1.165) is 5.52 Å². The molecule has 1 aromatic carbocycles. The fraction of sp³-hybridized carbons (Fsp3) is 0.188. The second kappa shape index (κ2) is 7.62. The lowest BCUT2D eigenvalue weighted by Crippen LogP contribution is -2.15. The highest BCUT2D eigenvalue weighted by Crippen LogP contribution is 2.36. The van der Waals surface area contributed by atoms with Crippen molar-refractivity contribution in [3.8, 4) is 11.5 Å². The summed E-state index contributed by atoms with van der Waals surface area (Å²) in [6.45, 7) is 0. The lowest BCUT2D eigenvalue weighted by Gasteiger charge is -2.12. The minimum atomic E-state index is -0.210. The predicted molar refractivity (Wildman–Crippen MR) is 97.8 cm³/mol. The van der Waals surface area contributed by atoms with Gasteiger partial charge in [-0.25, -0.2) is 9.97 Å². The van der Waals surface area contributed by atoms with Gasteiger partial charge in [0, 0.05) is 12.3 Å². The first-order valence-electron chi connectivity index (χ1n) is 7.25. The number of ether oxygens (including phenoxy) is 2. The summed E-state index contributed by atoms with van der Waals surface area (Å²) >= 11 is 7.38. The van der Waals surface area contributed by atoms with Gasteiger partial charge in [-0.05, 0) is 18.2 Å². The van der Waals surface area contributed by atoms with Gasteiger partial charge in [0.05, 0.1) is 36.2 Å². The van der Waals surface area contributed by atoms with Crippen LogP contribution in [0.15, 0.2) is 35.6 Å². The second-order valence-corrected chi connectivity index (χ2v) is 6.31. The average molecular weight is 379 g/mol. The van der Waals surface area contributed by atoms with Gasteiger partial charge in [0.2, 0.25) is 5.91 Å². The Hall–Kier alpha value is -2.45. The summed E-state index contributed by atoms with van der Waals surface area (Å²) < 4.78 is 10.4. The van der Waals surface area contributed by atoms with Crippen molar-refractivity contribution in [3.63, 3.8) is 0 Å². The molecule has 0 saturated heterocycles. The molecule has 0 fully saturated rings. The second-order valence-electron chi connectivity index (χ2n) is 4.94. The Morgan fingerprint density at radius 3 is 2.84 bits per heavy atom. The maximum atomic E-state index is 12.2. The molecule has 2 heterocycles. The molecule has 3 rings (SSSR count). The first-order chi connectivity index (χ1) is 12.1. The highest BCUT2D eigenvalue weighted by atomic mass is 35.5. The van der Waals surface area contributed by atoms with Crippen LogP contribution in [0.25, 0.3) is 11.2 Å². The summed E-state index contributed by atoms with van der Waals surface area (Å²) in [5.41, 5.74) is 1.92. The number of aromatic nitrogens is 3. The zero-order valence-electron chi connectivity index (χ0n) is 13.5. The average Bonchev–Trinajstić information content (AvgIpc) is 3.03. The standard InChI is InChI=1S/C16H15ClN4O3S/c1-23-12-7-13(24-2)11(6-9(12)17)19-14(22)8-25-16-20-10-4-3-5-18-15(10)21-16/h3-7H,8H2,1-2H3,(H,19,22)(H,18,20,21). The number of amides is 1. The molecular formula is C16H15ClN4O3S. The van der Waals surface area contributed by atoms with E-state index in [1.165, 1.54) is 26.0 Å². The van der Waals surface area contributed by atoms with E-state index in [4.69, 9.17) is 21.1 Å². The molecule has 0 saturated carbocycles. The van der Waals surface area contributed by atoms with Crippen molar-refractivity contribution in [1.82, 2.24) is 15.0 Å². The Kier molecular flexibility index (Phi) is 5.30. The molecule has 7 nitrogen and oxygen atoms in total. The van der Waals surface area contributed by atoms with E-state index in [1.807, 2.05) is 12.1 Å². The topological polar surface area (TPSA) is 89.1 Å². The van der Waals surface area contributed by atoms with Crippen LogP contribution in [0.4, 0.5) is 5.69 Å². The molecule has 25 heavy (non-hydrogen) atoms. The van der Waals surface area contributed by atoms with E-state index in [9.17, 15) is 4.79 Å². The molecule has 0 radical (unpaired) electrons. The number of pyridine rings is 1. The Labute approximate surface area is 153 Å². The molecule has 0 aliphatic rings. The number of thioether (sulfide) groups is 1. The number of carbonyl (C=O) groups is 1. The number of nitrogens with one attached hydrogen (secondary N) is 2. The summed E-state index contributed by atoms with van der Waals surface area (Å²) in [5.74, 6) is 0.901. The van der Waals surface area contributed by atoms with Crippen LogP contribution in [0.5, 0.6) is 11.5 Å². The SMILES string of the molecule is COc1cc(OC)c(NC(=O)CSc2nc3ncccc3[nH]2)cc1Cl. The van der Waals surface area contributed by atoms with Crippen LogP contribution in [0.3, 0.4) is 0 Å². The Morgan fingerprint density at radius 1 is 1.32 bits per heavy atom. The number of halogens is 1. The third-order valence-electron chi connectivity index (χ3n) is 3.32. The Morgan fingerprint density at radius 2 is 2.12 bits per heavy atom. The van der Waals surface area contributed by atoms with E-state index in [-0.39, 0.29) is 11.7 Å². The van der Waals surface area contributed by atoms with E-state index in [0.29, 0.717) is 33.0 Å². The van der Waals surface area contributed by atoms with Gasteiger partial charge in [0.1, 0.15) is 11.5 Å². The highest BCUT2D eigenvalue weighted by molar-refractivity contribution is 7.99. The zero-order chi connectivity index (χ0) is 17.8. The molecule has 0 bridgehead atoms. The first-order valence-corrected chi connectivity index (χ1v) is 8.62. The van der Waals surface area contributed by atoms with Crippen LogP contribution in [0, 0.1) is 0 Å². The molecule has 0 unspecified atom stereocenters. The maximum absolute atomic E-state index is 12.2. The van der Waals surface area contributed by atoms with Crippen LogP contribution < -0.4 is 14.8 Å². The van der Waals surface area contributed by atoms with Crippen molar-refractivity contribution in [3.05, 3.63) is 35.5 Å². The third-order valence-corrected chi connectivity index (χ3v) is 4.49. The number of anilines is 1. The minimum Gasteiger partial charge on any atom is -0.495 e. The minimum absolute atomic E-state index is 0.173. The summed E-state index contributed by atoms with van der Waals surface area (Å²) in [4.78, 5) is 23.8. The van der Waals surface area contributed by atoms with Crippen LogP contribution in [0.2, 0.25) is 5.02 Å². The van der Waals surface area contributed by atoms with E-state index < -0.39 is 0 Å². The zero-order valence-corrected chi connectivity index (χ0v) is 15.1. The molecule has 0 aliphatic carbocycles. The van der Waals surface area contributed by atoms with Crippen LogP contribution in [-0.4, -0.2) is 40.8 Å². The van der Waals surface area contributed by atoms with Gasteiger partial charge < -0.3 is 19.8 Å². The van der Waals surface area contributed by atoms with E-state index in [2.05, 4.69) is 20.3 Å². The van der Waals surface area contributed by atoms with E-state index in [1.54, 1.807) is 18.3 Å². The summed E-state index contributed by atoms with van der Waals surface area (Å²) in [6, 6.07) is 6.91. The molecule has 0 atom stereocenters. The Balaban J connectivity index is 1.67. The fourth-order valence-electron chi connectivity index (χ4n) is 2.17. The molecular weight excluding hydrogens is 364 g/mol. The van der Waals surface area contributed by atoms with Crippen LogP contribution in [0.1, 0.15) is 0 Å². The predicted octanol–water partition coefficient (Wildman–Crippen LogP) is 3.36. The molecule has 2 aromatic heterocycles. The lowest BCUT2D eigenvalue weighted by molar-refractivity contribution is -0.113. The molecule has 1 amide bonds. The number of H-pyrrole nitrogens is 1. The normalized spacial score (nSPS) is 10.7. The van der Waals surface area contributed by atoms with Crippen molar-refractivity contribution >= 4 is 46.1 Å². The van der Waals surface area contributed by atoms with Gasteiger partial charge in [-0.3, -0.25) is 4.79 Å². The Bertz CT molecular complexity index is 883. The maximum Gasteiger partial charge on any atom is 0.234 e. The van der Waals surface area contributed by atoms with Gasteiger partial charge >= 0.3 is 0 Å². The number of hydrogen-bond donors (Lipinski definition) is 2. The van der Waals surface area contributed by atoms with Gasteiger partial charge in [0.25, 0.3) is 0 Å². The van der Waals surface area contributed by atoms with Crippen molar-refractivity contribution in [2.24, 2.45) is 0 Å². The quantitative estimate of drug-likeness (QED) is 0.639. The number of aromatic amines is 1. The van der Waals surface area contributed by atoms with Crippen molar-refractivity contribution in [2.75, 3.05) is 25.3 Å². The van der Waals surface area contributed by atoms with Crippen LogP contribution in [-0.2, 0) is 4.79 Å². The molecule has 3 aromatic rings. The number of benzene rings is 1. The van der Waals surface area contributed by atoms with Gasteiger partial charge in [0.15, 0.2) is 10.8 Å². The summed E-state index contributed by atoms with van der Waals surface area (Å²) in [6.07, 6.45) is 1.67. The number of imidazole rings is 1. The highest BCUT2D eigenvalue weighted by Gasteiger charge is 2.13. The number of methoxy groups -OCH3 is 2. The smallest absolute Gasteiger partial charge is 0.234 e. The van der Waals surface area contributed by atoms with Gasteiger partial charge in [-0.2, -0.15) is 0 Å². The monoisotopic (exact) mass is 378 g/mol. The number of nitrogens with zero attached hydrogens (tertiary/aromatic N) is 2. The lowest BCUT2D eigenvalue weighted by atomic mass is 10.2. The van der Waals surface area contributed by atoms with E-state index >= 15 is 0 Å². The van der Waals surface area contributed by atoms with Crippen molar-refractivity contribution in [1.29, 1.82) is 0 Å². The van der Waals surface area contributed by atoms with Crippen molar-refractivity contribution in [2.45, 2.75) is 5.16 Å². The third kappa shape index (κ3) is 3.97. The number of hydrogen-bond acceptors (Lipinski definition) is 6. The largest absolute Gasteiger partial charge is 0.495 e. The summed E-state index contributed by atoms with van der Waals surface area (Å²) in [7, 11) is 3.02.